The van der Waals surface area contributed by atoms with Gasteiger partial charge in [-0.25, -0.2) is 9.13 Å². The van der Waals surface area contributed by atoms with Crippen molar-refractivity contribution in [1.82, 2.24) is 0 Å². The summed E-state index contributed by atoms with van der Waals surface area (Å²) in [4.78, 5) is 72.5. The maximum absolute atomic E-state index is 13.0. The van der Waals surface area contributed by atoms with Gasteiger partial charge in [-0.2, -0.15) is 0 Å². The summed E-state index contributed by atoms with van der Waals surface area (Å²) in [5.41, 5.74) is 0. The van der Waals surface area contributed by atoms with Crippen molar-refractivity contribution in [2.45, 2.75) is 356 Å². The zero-order chi connectivity index (χ0) is 65.4. The fourth-order valence-corrected chi connectivity index (χ4v) is 11.9. The minimum absolute atomic E-state index is 0.104. The lowest BCUT2D eigenvalue weighted by atomic mass is 10.00. The monoisotopic (exact) mass is 1300 g/mol. The number of aliphatic hydroxyl groups excluding tert-OH is 1. The molecule has 17 nitrogen and oxygen atoms in total. The quantitative estimate of drug-likeness (QED) is 0.0222. The highest BCUT2D eigenvalue weighted by molar-refractivity contribution is 7.47. The number of phosphoric acid groups is 2. The Morgan fingerprint density at radius 3 is 0.807 bits per heavy atom. The van der Waals surface area contributed by atoms with Crippen LogP contribution in [0.25, 0.3) is 0 Å². The maximum Gasteiger partial charge on any atom is 0.472 e. The maximum atomic E-state index is 13.0. The molecule has 0 aromatic rings. The highest BCUT2D eigenvalue weighted by Gasteiger charge is 2.30. The van der Waals surface area contributed by atoms with E-state index in [9.17, 15) is 43.2 Å². The lowest BCUT2D eigenvalue weighted by molar-refractivity contribution is -0.161. The van der Waals surface area contributed by atoms with Crippen LogP contribution in [0.15, 0.2) is 0 Å². The summed E-state index contributed by atoms with van der Waals surface area (Å²) < 4.78 is 68.2. The SMILES string of the molecule is CCC(C)CCCCCCCCC(=O)OC[C@H](COP(=O)(O)OC[C@H](O)COP(=O)(O)OC[C@@H](COC(=O)CCCCCCCCCCCC(C)C)OC(=O)CCCCCCCCCCCCCC(C)C)OC(=O)CCCCCCCCCCCC(C)C. The second kappa shape index (κ2) is 58.8. The molecule has 0 aliphatic carbocycles. The number of carbonyl (C=O) groups excluding carboxylic acids is 4. The standard InChI is InChI=1S/C69H134O17P2/c1-9-62(8)48-40-32-27-28-34-42-50-67(72)80-56-65(86-69(74)52-44-36-26-20-14-17-23-31-39-47-61(6)7)58-84-88(77,78)82-54-63(70)53-81-87(75,76)83-57-64(55-79-66(71)49-41-33-24-19-13-16-22-30-38-46-60(4)5)85-68(73)51-43-35-25-18-12-10-11-15-21-29-37-45-59(2)3/h59-65,70H,9-58H2,1-8H3,(H,75,76)(H,77,78)/t62?,63-,64-,65-/m1/s1. The Morgan fingerprint density at radius 1 is 0.318 bits per heavy atom. The van der Waals surface area contributed by atoms with E-state index in [0.29, 0.717) is 25.7 Å². The first-order valence-corrected chi connectivity index (χ1v) is 38.7. The Kier molecular flexibility index (Phi) is 57.6. The fourth-order valence-electron chi connectivity index (χ4n) is 10.3. The second-order valence-electron chi connectivity index (χ2n) is 26.6. The Morgan fingerprint density at radius 2 is 0.545 bits per heavy atom. The van der Waals surface area contributed by atoms with E-state index in [0.717, 1.165) is 120 Å². The van der Waals surface area contributed by atoms with Crippen LogP contribution in [-0.4, -0.2) is 96.7 Å². The molecule has 88 heavy (non-hydrogen) atoms. The van der Waals surface area contributed by atoms with Gasteiger partial charge < -0.3 is 33.8 Å². The number of phosphoric ester groups is 2. The van der Waals surface area contributed by atoms with Gasteiger partial charge in [0, 0.05) is 25.7 Å². The molecule has 522 valence electrons. The zero-order valence-corrected chi connectivity index (χ0v) is 59.1. The van der Waals surface area contributed by atoms with Crippen LogP contribution in [0.2, 0.25) is 0 Å². The third-order valence-corrected chi connectivity index (χ3v) is 18.1. The van der Waals surface area contributed by atoms with Gasteiger partial charge in [-0.1, -0.05) is 287 Å². The summed E-state index contributed by atoms with van der Waals surface area (Å²) >= 11 is 0. The summed E-state index contributed by atoms with van der Waals surface area (Å²) in [6.45, 7) is 14.1. The zero-order valence-electron chi connectivity index (χ0n) is 57.3. The number of hydrogen-bond donors (Lipinski definition) is 3. The first kappa shape index (κ1) is 86.1. The molecule has 0 radical (unpaired) electrons. The molecule has 0 spiro atoms. The van der Waals surface area contributed by atoms with E-state index in [1.54, 1.807) is 0 Å². The molecule has 0 fully saturated rings. The summed E-state index contributed by atoms with van der Waals surface area (Å²) in [5.74, 6) is 0.845. The predicted octanol–water partition coefficient (Wildman–Crippen LogP) is 19.3. The molecule has 0 amide bonds. The highest BCUT2D eigenvalue weighted by Crippen LogP contribution is 2.45. The number of aliphatic hydroxyl groups is 1. The van der Waals surface area contributed by atoms with Crippen LogP contribution in [0.5, 0.6) is 0 Å². The number of carbonyl (C=O) groups is 4. The van der Waals surface area contributed by atoms with Gasteiger partial charge in [0.05, 0.1) is 26.4 Å². The molecule has 0 aromatic heterocycles. The van der Waals surface area contributed by atoms with E-state index in [4.69, 9.17) is 37.0 Å². The van der Waals surface area contributed by atoms with Crippen molar-refractivity contribution in [3.05, 3.63) is 0 Å². The molecule has 0 saturated heterocycles. The molecule has 0 saturated carbocycles. The highest BCUT2D eigenvalue weighted by atomic mass is 31.2. The normalized spacial score (nSPS) is 14.6. The largest absolute Gasteiger partial charge is 0.472 e. The van der Waals surface area contributed by atoms with Gasteiger partial charge in [0.1, 0.15) is 19.3 Å². The number of unbranched alkanes of at least 4 members (excludes halogenated alkanes) is 31. The minimum atomic E-state index is -4.95. The van der Waals surface area contributed by atoms with Gasteiger partial charge in [-0.05, 0) is 49.4 Å². The molecule has 0 heterocycles. The minimum Gasteiger partial charge on any atom is -0.462 e. The van der Waals surface area contributed by atoms with Crippen molar-refractivity contribution < 1.29 is 80.2 Å². The van der Waals surface area contributed by atoms with Crippen LogP contribution in [-0.2, 0) is 65.4 Å². The van der Waals surface area contributed by atoms with Crippen molar-refractivity contribution in [1.29, 1.82) is 0 Å². The van der Waals surface area contributed by atoms with Crippen LogP contribution in [0.3, 0.4) is 0 Å². The van der Waals surface area contributed by atoms with Gasteiger partial charge in [0.15, 0.2) is 12.2 Å². The number of ether oxygens (including phenoxy) is 4. The van der Waals surface area contributed by atoms with Crippen molar-refractivity contribution >= 4 is 39.5 Å². The Balaban J connectivity index is 5.27. The van der Waals surface area contributed by atoms with Gasteiger partial charge >= 0.3 is 39.5 Å². The van der Waals surface area contributed by atoms with Crippen LogP contribution in [0.1, 0.15) is 338 Å². The molecule has 0 bridgehead atoms. The number of esters is 4. The number of hydrogen-bond acceptors (Lipinski definition) is 15. The first-order chi connectivity index (χ1) is 42.1. The van der Waals surface area contributed by atoms with E-state index in [2.05, 4.69) is 55.4 Å². The van der Waals surface area contributed by atoms with Gasteiger partial charge in [0.2, 0.25) is 0 Å². The second-order valence-corrected chi connectivity index (χ2v) is 29.5. The van der Waals surface area contributed by atoms with Crippen LogP contribution >= 0.6 is 15.6 Å². The smallest absolute Gasteiger partial charge is 0.462 e. The van der Waals surface area contributed by atoms with Crippen LogP contribution < -0.4 is 0 Å². The van der Waals surface area contributed by atoms with Gasteiger partial charge in [-0.3, -0.25) is 37.3 Å². The molecule has 0 aliphatic rings. The Labute approximate surface area is 537 Å². The van der Waals surface area contributed by atoms with E-state index in [-0.39, 0.29) is 25.7 Å². The molecule has 3 unspecified atom stereocenters. The van der Waals surface area contributed by atoms with E-state index in [1.807, 2.05) is 0 Å². The molecular formula is C69H134O17P2. The summed E-state index contributed by atoms with van der Waals surface area (Å²) in [5, 5.41) is 10.6. The average Bonchev–Trinajstić information content (AvgIpc) is 3.70. The van der Waals surface area contributed by atoms with E-state index in [1.165, 1.54) is 135 Å². The molecule has 0 rings (SSSR count). The summed E-state index contributed by atoms with van der Waals surface area (Å²) in [6, 6.07) is 0. The third kappa shape index (κ3) is 61.6. The molecule has 19 heteroatoms. The Bertz CT molecular complexity index is 1750. The molecule has 0 aromatic carbocycles. The predicted molar refractivity (Wildman–Crippen MR) is 354 cm³/mol. The molecule has 0 aliphatic heterocycles. The Hall–Kier alpha value is -1.94. The average molecular weight is 1300 g/mol. The van der Waals surface area contributed by atoms with Crippen molar-refractivity contribution in [2.75, 3.05) is 39.6 Å². The number of rotatable bonds is 66. The molecular weight excluding hydrogens is 1160 g/mol. The lowest BCUT2D eigenvalue weighted by Gasteiger charge is -2.21. The van der Waals surface area contributed by atoms with Crippen molar-refractivity contribution in [2.24, 2.45) is 23.7 Å². The summed E-state index contributed by atoms with van der Waals surface area (Å²) in [7, 11) is -9.90. The van der Waals surface area contributed by atoms with Gasteiger partial charge in [0.25, 0.3) is 0 Å². The van der Waals surface area contributed by atoms with Gasteiger partial charge in [-0.15, -0.1) is 0 Å². The fraction of sp³-hybridized carbons (Fsp3) is 0.942. The summed E-state index contributed by atoms with van der Waals surface area (Å²) in [6.07, 6.45) is 40.3. The first-order valence-electron chi connectivity index (χ1n) is 35.7. The topological polar surface area (TPSA) is 237 Å². The molecule has 6 atom stereocenters. The molecule has 3 N–H and O–H groups in total. The van der Waals surface area contributed by atoms with E-state index >= 15 is 0 Å². The lowest BCUT2D eigenvalue weighted by Crippen LogP contribution is -2.30. The van der Waals surface area contributed by atoms with Crippen molar-refractivity contribution in [3.8, 4) is 0 Å². The van der Waals surface area contributed by atoms with Crippen molar-refractivity contribution in [3.63, 3.8) is 0 Å². The van der Waals surface area contributed by atoms with Crippen LogP contribution in [0.4, 0.5) is 0 Å². The van der Waals surface area contributed by atoms with E-state index < -0.39 is 97.5 Å². The van der Waals surface area contributed by atoms with Crippen LogP contribution in [0, 0.1) is 23.7 Å². The third-order valence-electron chi connectivity index (χ3n) is 16.2.